The summed E-state index contributed by atoms with van der Waals surface area (Å²) in [6.07, 6.45) is -10.8. The maximum Gasteiger partial charge on any atom is 0.249 e. The highest BCUT2D eigenvalue weighted by Gasteiger charge is 2.51. The number of ether oxygens (including phenoxy) is 4. The van der Waals surface area contributed by atoms with Crippen LogP contribution in [0.5, 0.6) is 0 Å². The zero-order chi connectivity index (χ0) is 28.1. The third kappa shape index (κ3) is 7.15. The van der Waals surface area contributed by atoms with Gasteiger partial charge in [0.15, 0.2) is 12.6 Å². The minimum Gasteiger partial charge on any atom is -0.394 e. The van der Waals surface area contributed by atoms with Crippen molar-refractivity contribution in [3.8, 4) is 0 Å². The van der Waals surface area contributed by atoms with E-state index in [0.717, 1.165) is 0 Å². The van der Waals surface area contributed by atoms with Crippen LogP contribution in [0.3, 0.4) is 0 Å². The molecule has 0 spiro atoms. The molecule has 0 aromatic carbocycles. The van der Waals surface area contributed by atoms with Crippen molar-refractivity contribution in [2.24, 2.45) is 28.7 Å². The number of nitrogens with one attached hydrogen (secondary N) is 1. The van der Waals surface area contributed by atoms with E-state index in [9.17, 15) is 30.3 Å². The van der Waals surface area contributed by atoms with Gasteiger partial charge in [-0.3, -0.25) is 4.79 Å². The fourth-order valence-electron chi connectivity index (χ4n) is 5.02. The lowest BCUT2D eigenvalue weighted by atomic mass is 9.83. The van der Waals surface area contributed by atoms with Crippen LogP contribution in [0, 0.1) is 0 Å². The molecule has 0 aromatic heterocycles. The van der Waals surface area contributed by atoms with Gasteiger partial charge in [0.05, 0.1) is 30.8 Å². The van der Waals surface area contributed by atoms with Crippen LogP contribution >= 0.6 is 0 Å². The summed E-state index contributed by atoms with van der Waals surface area (Å²) in [5.74, 6) is -0.762. The number of carbonyl (C=O) groups is 1. The normalized spacial score (nSPS) is 44.9. The van der Waals surface area contributed by atoms with Crippen molar-refractivity contribution in [3.63, 3.8) is 0 Å². The van der Waals surface area contributed by atoms with Crippen LogP contribution in [0.1, 0.15) is 25.7 Å². The first-order valence-electron chi connectivity index (χ1n) is 12.9. The quantitative estimate of drug-likeness (QED) is 0.120. The van der Waals surface area contributed by atoms with Gasteiger partial charge in [-0.2, -0.15) is 0 Å². The Morgan fingerprint density at radius 2 is 1.63 bits per heavy atom. The molecule has 0 unspecified atom stereocenters. The van der Waals surface area contributed by atoms with Crippen molar-refractivity contribution in [1.82, 2.24) is 5.32 Å². The highest BCUT2D eigenvalue weighted by molar-refractivity contribution is 5.80. The van der Waals surface area contributed by atoms with Crippen LogP contribution < -0.4 is 34.0 Å². The molecule has 3 fully saturated rings. The molecule has 2 aliphatic heterocycles. The summed E-state index contributed by atoms with van der Waals surface area (Å²) < 4.78 is 23.3. The third-order valence-electron chi connectivity index (χ3n) is 7.37. The molecule has 3 aliphatic rings. The summed E-state index contributed by atoms with van der Waals surface area (Å²) in [5.41, 5.74) is 29.6. The number of aliphatic hydroxyl groups excluding tert-OH is 5. The summed E-state index contributed by atoms with van der Waals surface area (Å²) >= 11 is 0. The number of rotatable bonds is 10. The zero-order valence-corrected chi connectivity index (χ0v) is 21.2. The zero-order valence-electron chi connectivity index (χ0n) is 21.2. The molecule has 3 rings (SSSR count). The highest BCUT2D eigenvalue weighted by Crippen LogP contribution is 2.31. The van der Waals surface area contributed by atoms with Crippen molar-refractivity contribution < 1.29 is 49.3 Å². The van der Waals surface area contributed by atoms with Crippen LogP contribution in [0.15, 0.2) is 0 Å². The largest absolute Gasteiger partial charge is 0.394 e. The van der Waals surface area contributed by atoms with Gasteiger partial charge in [-0.25, -0.2) is 0 Å². The average molecular weight is 553 g/mol. The first kappa shape index (κ1) is 31.4. The second-order valence-electron chi connectivity index (χ2n) is 10.2. The molecular formula is C22H44N6O10. The minimum absolute atomic E-state index is 0.000983. The van der Waals surface area contributed by atoms with Crippen LogP contribution in [-0.4, -0.2) is 137 Å². The van der Waals surface area contributed by atoms with Crippen molar-refractivity contribution in [3.05, 3.63) is 0 Å². The molecular weight excluding hydrogens is 508 g/mol. The van der Waals surface area contributed by atoms with Gasteiger partial charge < -0.3 is 78.5 Å². The van der Waals surface area contributed by atoms with E-state index >= 15 is 0 Å². The monoisotopic (exact) mass is 552 g/mol. The smallest absolute Gasteiger partial charge is 0.249 e. The molecule has 0 bridgehead atoms. The highest BCUT2D eigenvalue weighted by atomic mass is 16.7. The van der Waals surface area contributed by atoms with E-state index in [-0.39, 0.29) is 32.0 Å². The van der Waals surface area contributed by atoms with Gasteiger partial charge in [0.1, 0.15) is 42.7 Å². The molecule has 1 saturated carbocycles. The van der Waals surface area contributed by atoms with Crippen LogP contribution in [0.2, 0.25) is 0 Å². The van der Waals surface area contributed by atoms with E-state index in [4.69, 9.17) is 47.6 Å². The van der Waals surface area contributed by atoms with Crippen LogP contribution in [0.25, 0.3) is 0 Å². The van der Waals surface area contributed by atoms with Crippen molar-refractivity contribution in [2.45, 2.75) is 111 Å². The molecule has 16 heteroatoms. The summed E-state index contributed by atoms with van der Waals surface area (Å²) in [6, 6.07) is -3.54. The molecule has 14 atom stereocenters. The Hall–Kier alpha value is -1.09. The molecule has 16 N–H and O–H groups in total. The van der Waals surface area contributed by atoms with Crippen molar-refractivity contribution >= 4 is 5.91 Å². The lowest BCUT2D eigenvalue weighted by Gasteiger charge is -2.48. The SMILES string of the molecule is NCC[C@H](O)C(=O)N[C@@H]1C[C@H](N)[C@@H](O[C@H]2O[C@H](CN)CC[C@H]2N)[C@@H](O)[C@H]1O[C@H]1O[C@H](CO)[C@H](O)[C@H](N)[C@H]1O. The standard InChI is InChI=1S/C22H44N6O10/c23-4-3-12(30)20(34)28-11-5-10(26)18(37-21-9(25)2-1-8(6-24)35-21)17(33)19(11)38-22-16(32)14(27)15(31)13(7-29)36-22/h8-19,21-22,29-33H,1-7,23-27H2,(H,28,34)/t8-,9+,10-,11+,12-,13+,14-,15-,16+,17+,18+,19-,21+,22+/m0/s1. The molecule has 38 heavy (non-hydrogen) atoms. The summed E-state index contributed by atoms with van der Waals surface area (Å²) in [5, 5.41) is 54.4. The topological polar surface area (TPSA) is 297 Å². The third-order valence-corrected chi connectivity index (χ3v) is 7.37. The average Bonchev–Trinajstić information content (AvgIpc) is 2.89. The number of nitrogens with two attached hydrogens (primary N) is 5. The number of hydrogen-bond acceptors (Lipinski definition) is 15. The van der Waals surface area contributed by atoms with E-state index in [1.165, 1.54) is 0 Å². The molecule has 1 aliphatic carbocycles. The molecule has 2 saturated heterocycles. The molecule has 0 aromatic rings. The van der Waals surface area contributed by atoms with E-state index in [1.54, 1.807) is 0 Å². The Kier molecular flexibility index (Phi) is 11.6. The Labute approximate surface area is 220 Å². The van der Waals surface area contributed by atoms with Gasteiger partial charge in [-0.05, 0) is 32.2 Å². The lowest BCUT2D eigenvalue weighted by Crippen LogP contribution is -2.69. The van der Waals surface area contributed by atoms with Crippen molar-refractivity contribution in [2.75, 3.05) is 19.7 Å². The maximum absolute atomic E-state index is 12.6. The van der Waals surface area contributed by atoms with Crippen LogP contribution in [0.4, 0.5) is 0 Å². The summed E-state index contributed by atoms with van der Waals surface area (Å²) in [4.78, 5) is 12.6. The summed E-state index contributed by atoms with van der Waals surface area (Å²) in [6.45, 7) is -0.296. The van der Waals surface area contributed by atoms with Gasteiger partial charge in [-0.1, -0.05) is 0 Å². The number of carbonyl (C=O) groups excluding carboxylic acids is 1. The van der Waals surface area contributed by atoms with Crippen molar-refractivity contribution in [1.29, 1.82) is 0 Å². The molecule has 1 amide bonds. The van der Waals surface area contributed by atoms with E-state index in [1.807, 2.05) is 0 Å². The molecule has 2 heterocycles. The van der Waals surface area contributed by atoms with Gasteiger partial charge in [-0.15, -0.1) is 0 Å². The predicted octanol–water partition coefficient (Wildman–Crippen LogP) is -6.40. The predicted molar refractivity (Wildman–Crippen MR) is 131 cm³/mol. The second kappa shape index (κ2) is 14.0. The molecule has 0 radical (unpaired) electrons. The van der Waals surface area contributed by atoms with Gasteiger partial charge in [0.2, 0.25) is 5.91 Å². The second-order valence-corrected chi connectivity index (χ2v) is 10.2. The van der Waals surface area contributed by atoms with E-state index < -0.39 is 92.0 Å². The Balaban J connectivity index is 1.82. The Bertz CT molecular complexity index is 755. The number of amides is 1. The van der Waals surface area contributed by atoms with Gasteiger partial charge in [0.25, 0.3) is 0 Å². The lowest BCUT2D eigenvalue weighted by molar-refractivity contribution is -0.314. The fourth-order valence-corrected chi connectivity index (χ4v) is 5.02. The van der Waals surface area contributed by atoms with E-state index in [2.05, 4.69) is 5.32 Å². The van der Waals surface area contributed by atoms with Crippen LogP contribution in [-0.2, 0) is 23.7 Å². The maximum atomic E-state index is 12.6. The Morgan fingerprint density at radius 3 is 2.26 bits per heavy atom. The van der Waals surface area contributed by atoms with Gasteiger partial charge in [0, 0.05) is 12.6 Å². The number of hydrogen-bond donors (Lipinski definition) is 11. The number of aliphatic hydroxyl groups is 5. The first-order chi connectivity index (χ1) is 18.0. The molecule has 222 valence electrons. The fraction of sp³-hybridized carbons (Fsp3) is 0.955. The first-order valence-corrected chi connectivity index (χ1v) is 12.9. The summed E-state index contributed by atoms with van der Waals surface area (Å²) in [7, 11) is 0. The minimum atomic E-state index is -1.55. The Morgan fingerprint density at radius 1 is 0.947 bits per heavy atom. The van der Waals surface area contributed by atoms with Gasteiger partial charge >= 0.3 is 0 Å². The van der Waals surface area contributed by atoms with E-state index in [0.29, 0.717) is 12.8 Å². The molecule has 16 nitrogen and oxygen atoms in total.